The van der Waals surface area contributed by atoms with E-state index >= 15 is 0 Å². The number of nitrogens with zero attached hydrogens (tertiary/aromatic N) is 3. The van der Waals surface area contributed by atoms with Crippen molar-refractivity contribution in [1.82, 2.24) is 19.9 Å². The Hall–Kier alpha value is -2.34. The molecule has 0 spiro atoms. The molecule has 0 saturated heterocycles. The third kappa shape index (κ3) is 3.46. The number of aromatic nitrogens is 3. The molecule has 3 heterocycles. The first-order valence-electron chi connectivity index (χ1n) is 8.25. The highest BCUT2D eigenvalue weighted by molar-refractivity contribution is 6.43. The summed E-state index contributed by atoms with van der Waals surface area (Å²) in [6.45, 7) is 1.39. The number of benzene rings is 1. The number of fused-ring (bicyclic) bond motifs is 1. The first kappa shape index (κ1) is 17.1. The van der Waals surface area contributed by atoms with Gasteiger partial charge in [-0.1, -0.05) is 35.3 Å². The molecule has 7 heteroatoms. The van der Waals surface area contributed by atoms with E-state index in [0.717, 1.165) is 35.8 Å². The van der Waals surface area contributed by atoms with Gasteiger partial charge in [0.15, 0.2) is 5.65 Å². The van der Waals surface area contributed by atoms with Crippen molar-refractivity contribution in [1.29, 1.82) is 0 Å². The molecule has 0 saturated carbocycles. The molecule has 4 rings (SSSR count). The Kier molecular flexibility index (Phi) is 4.93. The van der Waals surface area contributed by atoms with E-state index in [1.54, 1.807) is 6.07 Å². The average molecular weight is 387 g/mol. The predicted octanol–water partition coefficient (Wildman–Crippen LogP) is 4.63. The molecule has 132 valence electrons. The number of nitrogens with one attached hydrogen (secondary N) is 1. The molecule has 0 aliphatic carbocycles. The molecular weight excluding hydrogens is 371 g/mol. The lowest BCUT2D eigenvalue weighted by molar-refractivity contribution is 0.493. The van der Waals surface area contributed by atoms with Crippen LogP contribution in [0.5, 0.6) is 0 Å². The Bertz CT molecular complexity index is 1040. The van der Waals surface area contributed by atoms with Crippen molar-refractivity contribution >= 4 is 28.8 Å². The van der Waals surface area contributed by atoms with E-state index in [0.29, 0.717) is 22.4 Å². The predicted molar refractivity (Wildman–Crippen MR) is 103 cm³/mol. The quantitative estimate of drug-likeness (QED) is 0.490. The molecule has 0 aliphatic heterocycles. The van der Waals surface area contributed by atoms with Gasteiger partial charge in [-0.2, -0.15) is 0 Å². The summed E-state index contributed by atoms with van der Waals surface area (Å²) in [5.74, 6) is 2.47. The zero-order valence-corrected chi connectivity index (χ0v) is 15.3. The number of rotatable bonds is 6. The third-order valence-electron chi connectivity index (χ3n) is 4.09. The Labute approximate surface area is 160 Å². The summed E-state index contributed by atoms with van der Waals surface area (Å²) in [4.78, 5) is 0. The Morgan fingerprint density at radius 1 is 1.00 bits per heavy atom. The van der Waals surface area contributed by atoms with Crippen LogP contribution in [0.25, 0.3) is 17.0 Å². The minimum Gasteiger partial charge on any atom is -0.460 e. The SMILES string of the molecule is Clc1cccc(-c2ccc(CNCCc3nnc4ccccn34)o2)c1Cl. The smallest absolute Gasteiger partial charge is 0.160 e. The normalized spacial score (nSPS) is 11.3. The van der Waals surface area contributed by atoms with Crippen LogP contribution in [-0.4, -0.2) is 21.1 Å². The molecule has 0 aliphatic rings. The number of hydrogen-bond acceptors (Lipinski definition) is 4. The molecule has 3 aromatic heterocycles. The van der Waals surface area contributed by atoms with E-state index in [1.165, 1.54) is 0 Å². The van der Waals surface area contributed by atoms with Crippen molar-refractivity contribution in [3.63, 3.8) is 0 Å². The van der Waals surface area contributed by atoms with Crippen LogP contribution in [0, 0.1) is 0 Å². The first-order valence-corrected chi connectivity index (χ1v) is 9.00. The molecule has 0 fully saturated rings. The van der Waals surface area contributed by atoms with Crippen molar-refractivity contribution in [2.45, 2.75) is 13.0 Å². The van der Waals surface area contributed by atoms with Crippen LogP contribution in [0.4, 0.5) is 0 Å². The Morgan fingerprint density at radius 2 is 1.92 bits per heavy atom. The van der Waals surface area contributed by atoms with Crippen molar-refractivity contribution in [2.24, 2.45) is 0 Å². The molecular formula is C19H16Cl2N4O. The van der Waals surface area contributed by atoms with Crippen LogP contribution in [0.3, 0.4) is 0 Å². The maximum Gasteiger partial charge on any atom is 0.160 e. The van der Waals surface area contributed by atoms with Gasteiger partial charge in [0.05, 0.1) is 16.6 Å². The van der Waals surface area contributed by atoms with Gasteiger partial charge in [-0.25, -0.2) is 0 Å². The maximum absolute atomic E-state index is 6.25. The summed E-state index contributed by atoms with van der Waals surface area (Å²) < 4.78 is 7.87. The van der Waals surface area contributed by atoms with Crippen LogP contribution >= 0.6 is 23.2 Å². The van der Waals surface area contributed by atoms with Crippen LogP contribution in [0.15, 0.2) is 59.1 Å². The lowest BCUT2D eigenvalue weighted by atomic mass is 10.2. The van der Waals surface area contributed by atoms with Crippen LogP contribution in [0.1, 0.15) is 11.6 Å². The monoisotopic (exact) mass is 386 g/mol. The summed E-state index contributed by atoms with van der Waals surface area (Å²) in [6.07, 6.45) is 2.75. The molecule has 26 heavy (non-hydrogen) atoms. The van der Waals surface area contributed by atoms with Gasteiger partial charge in [-0.3, -0.25) is 4.40 Å². The minimum absolute atomic E-state index is 0.502. The number of pyridine rings is 1. The summed E-state index contributed by atoms with van der Waals surface area (Å²) in [6, 6.07) is 15.2. The molecule has 0 unspecified atom stereocenters. The van der Waals surface area contributed by atoms with Crippen molar-refractivity contribution in [2.75, 3.05) is 6.54 Å². The van der Waals surface area contributed by atoms with E-state index in [-0.39, 0.29) is 0 Å². The molecule has 4 aromatic rings. The van der Waals surface area contributed by atoms with Crippen LogP contribution < -0.4 is 5.32 Å². The fourth-order valence-corrected chi connectivity index (χ4v) is 3.18. The van der Waals surface area contributed by atoms with Crippen LogP contribution in [-0.2, 0) is 13.0 Å². The molecule has 0 radical (unpaired) electrons. The molecule has 5 nitrogen and oxygen atoms in total. The Balaban J connectivity index is 1.36. The van der Waals surface area contributed by atoms with E-state index in [2.05, 4.69) is 15.5 Å². The topological polar surface area (TPSA) is 55.4 Å². The van der Waals surface area contributed by atoms with Crippen molar-refractivity contribution in [3.8, 4) is 11.3 Å². The number of halogens is 2. The number of hydrogen-bond donors (Lipinski definition) is 1. The molecule has 1 aromatic carbocycles. The summed E-state index contributed by atoms with van der Waals surface area (Å²) in [7, 11) is 0. The van der Waals surface area contributed by atoms with Gasteiger partial charge < -0.3 is 9.73 Å². The highest BCUT2D eigenvalue weighted by Gasteiger charge is 2.11. The zero-order valence-electron chi connectivity index (χ0n) is 13.8. The second kappa shape index (κ2) is 7.50. The van der Waals surface area contributed by atoms with Gasteiger partial charge in [-0.15, -0.1) is 10.2 Å². The van der Waals surface area contributed by atoms with Crippen molar-refractivity contribution < 1.29 is 4.42 Å². The van der Waals surface area contributed by atoms with E-state index in [4.69, 9.17) is 27.6 Å². The third-order valence-corrected chi connectivity index (χ3v) is 4.91. The minimum atomic E-state index is 0.502. The zero-order chi connectivity index (χ0) is 17.9. The van der Waals surface area contributed by atoms with Crippen molar-refractivity contribution in [3.05, 3.63) is 76.4 Å². The lowest BCUT2D eigenvalue weighted by Crippen LogP contribution is -2.17. The van der Waals surface area contributed by atoms with Gasteiger partial charge in [0.25, 0.3) is 0 Å². The van der Waals surface area contributed by atoms with E-state index in [9.17, 15) is 0 Å². The van der Waals surface area contributed by atoms with Gasteiger partial charge in [0.2, 0.25) is 0 Å². The highest BCUT2D eigenvalue weighted by atomic mass is 35.5. The standard InChI is InChI=1S/C19H16Cl2N4O/c20-15-5-3-4-14(19(15)21)16-8-7-13(26-16)12-22-10-9-18-24-23-17-6-1-2-11-25(17)18/h1-8,11,22H,9-10,12H2. The molecule has 0 atom stereocenters. The second-order valence-electron chi connectivity index (χ2n) is 5.84. The fraction of sp³-hybridized carbons (Fsp3) is 0.158. The van der Waals surface area contributed by atoms with E-state index in [1.807, 2.05) is 53.1 Å². The first-order chi connectivity index (χ1) is 12.7. The Morgan fingerprint density at radius 3 is 2.85 bits per heavy atom. The highest BCUT2D eigenvalue weighted by Crippen LogP contribution is 2.34. The maximum atomic E-state index is 6.25. The van der Waals surface area contributed by atoms with Gasteiger partial charge in [0, 0.05) is 24.7 Å². The van der Waals surface area contributed by atoms with Gasteiger partial charge in [-0.05, 0) is 36.4 Å². The largest absolute Gasteiger partial charge is 0.460 e. The summed E-state index contributed by atoms with van der Waals surface area (Å²) in [5.41, 5.74) is 1.65. The lowest BCUT2D eigenvalue weighted by Gasteiger charge is -2.04. The molecule has 0 amide bonds. The van der Waals surface area contributed by atoms with E-state index < -0.39 is 0 Å². The number of furan rings is 1. The molecule has 0 bridgehead atoms. The van der Waals surface area contributed by atoms with Gasteiger partial charge in [0.1, 0.15) is 17.3 Å². The van der Waals surface area contributed by atoms with Gasteiger partial charge >= 0.3 is 0 Å². The second-order valence-corrected chi connectivity index (χ2v) is 6.62. The summed E-state index contributed by atoms with van der Waals surface area (Å²) in [5, 5.41) is 12.8. The van der Waals surface area contributed by atoms with Crippen LogP contribution in [0.2, 0.25) is 10.0 Å². The molecule has 1 N–H and O–H groups in total. The average Bonchev–Trinajstić information content (AvgIpc) is 3.28. The summed E-state index contributed by atoms with van der Waals surface area (Å²) >= 11 is 12.3. The fourth-order valence-electron chi connectivity index (χ4n) is 2.78.